The van der Waals surface area contributed by atoms with Gasteiger partial charge >= 0.3 is 0 Å². The number of rotatable bonds is 0. The van der Waals surface area contributed by atoms with Crippen LogP contribution in [0.2, 0.25) is 0 Å². The molecule has 13 heavy (non-hydrogen) atoms. The Bertz CT molecular complexity index is 28.4. The molecule has 1 aliphatic carbocycles. The molecule has 0 unspecified atom stereocenters. The molecule has 0 aromatic rings. The standard InChI is InChI=1S/C6H12.C2H6.2CH3F.H2O/c1-2-4-6-5-3-1;3*1-2;/h1-6H2;1-2H3;2*1H3;1H2. The van der Waals surface area contributed by atoms with Gasteiger partial charge in [0.1, 0.15) is 0 Å². The molecule has 1 fully saturated rings. The molecule has 1 saturated carbocycles. The summed E-state index contributed by atoms with van der Waals surface area (Å²) in [4.78, 5) is 0. The van der Waals surface area contributed by atoms with E-state index < -0.39 is 0 Å². The normalized spacial score (nSPS) is 12.5. The van der Waals surface area contributed by atoms with E-state index in [4.69, 9.17) is 0 Å². The van der Waals surface area contributed by atoms with Crippen LogP contribution in [0.15, 0.2) is 0 Å². The van der Waals surface area contributed by atoms with Crippen LogP contribution in [-0.2, 0) is 0 Å². The maximum atomic E-state index is 9.50. The first-order valence-electron chi connectivity index (χ1n) is 4.76. The lowest BCUT2D eigenvalue weighted by Gasteiger charge is -2.05. The molecule has 0 aliphatic heterocycles. The van der Waals surface area contributed by atoms with E-state index in [1.165, 1.54) is 38.5 Å². The van der Waals surface area contributed by atoms with Gasteiger partial charge in [0.2, 0.25) is 0 Å². The van der Waals surface area contributed by atoms with E-state index in [0.29, 0.717) is 14.4 Å². The van der Waals surface area contributed by atoms with E-state index in [1.807, 2.05) is 13.8 Å². The molecule has 0 saturated heterocycles. The van der Waals surface area contributed by atoms with E-state index in [2.05, 4.69) is 0 Å². The molecular formula is C10H26F2O. The summed E-state index contributed by atoms with van der Waals surface area (Å²) in [5.74, 6) is 0. The summed E-state index contributed by atoms with van der Waals surface area (Å²) in [5.41, 5.74) is 0. The van der Waals surface area contributed by atoms with Gasteiger partial charge in [0.15, 0.2) is 0 Å². The van der Waals surface area contributed by atoms with Crippen molar-refractivity contribution in [1.29, 1.82) is 0 Å². The molecule has 0 atom stereocenters. The van der Waals surface area contributed by atoms with E-state index in [0.717, 1.165) is 0 Å². The summed E-state index contributed by atoms with van der Waals surface area (Å²) in [6.07, 6.45) is 9.00. The highest BCUT2D eigenvalue weighted by Gasteiger charge is 1.95. The van der Waals surface area contributed by atoms with E-state index in [9.17, 15) is 8.78 Å². The van der Waals surface area contributed by atoms with Crippen LogP contribution < -0.4 is 0 Å². The fourth-order valence-corrected chi connectivity index (χ4v) is 1.06. The molecule has 1 nitrogen and oxygen atoms in total. The van der Waals surface area contributed by atoms with Crippen molar-refractivity contribution in [2.24, 2.45) is 0 Å². The zero-order chi connectivity index (χ0) is 10.2. The molecule has 0 bridgehead atoms. The molecule has 1 aliphatic rings. The fourth-order valence-electron chi connectivity index (χ4n) is 1.06. The molecule has 3 heteroatoms. The third-order valence-corrected chi connectivity index (χ3v) is 1.50. The van der Waals surface area contributed by atoms with E-state index >= 15 is 0 Å². The Hall–Kier alpha value is -0.180. The lowest BCUT2D eigenvalue weighted by Crippen LogP contribution is -1.85. The Morgan fingerprint density at radius 3 is 0.692 bits per heavy atom. The minimum absolute atomic E-state index is 0. The lowest BCUT2D eigenvalue weighted by molar-refractivity contribution is 0.504. The Morgan fingerprint density at radius 2 is 0.615 bits per heavy atom. The van der Waals surface area contributed by atoms with Crippen LogP contribution in [0.4, 0.5) is 8.78 Å². The summed E-state index contributed by atoms with van der Waals surface area (Å²) < 4.78 is 19.0. The quantitative estimate of drug-likeness (QED) is 0.571. The first-order valence-corrected chi connectivity index (χ1v) is 4.76. The first kappa shape index (κ1) is 23.0. The monoisotopic (exact) mass is 200 g/mol. The van der Waals surface area contributed by atoms with Crippen molar-refractivity contribution >= 4 is 0 Å². The summed E-state index contributed by atoms with van der Waals surface area (Å²) in [5, 5.41) is 0. The van der Waals surface area contributed by atoms with E-state index in [1.54, 1.807) is 0 Å². The summed E-state index contributed by atoms with van der Waals surface area (Å²) in [6, 6.07) is 0. The average Bonchev–Trinajstić information content (AvgIpc) is 2.29. The number of hydrogen-bond acceptors (Lipinski definition) is 0. The number of hydrogen-bond donors (Lipinski definition) is 0. The highest BCUT2D eigenvalue weighted by molar-refractivity contribution is 4.51. The summed E-state index contributed by atoms with van der Waals surface area (Å²) in [7, 11) is 1.00. The maximum Gasteiger partial charge on any atom is 0.0785 e. The SMILES string of the molecule is C1CCCCC1.CC.CF.CF.O. The molecular weight excluding hydrogens is 174 g/mol. The van der Waals surface area contributed by atoms with Gasteiger partial charge in [-0.3, -0.25) is 8.78 Å². The fraction of sp³-hybridized carbons (Fsp3) is 1.00. The predicted octanol–water partition coefficient (Wildman–Crippen LogP) is 3.71. The molecule has 0 heterocycles. The minimum atomic E-state index is 0. The predicted molar refractivity (Wildman–Crippen MR) is 56.7 cm³/mol. The number of halogens is 2. The van der Waals surface area contributed by atoms with Gasteiger partial charge in [-0.2, -0.15) is 0 Å². The van der Waals surface area contributed by atoms with Crippen LogP contribution in [-0.4, -0.2) is 19.8 Å². The highest BCUT2D eigenvalue weighted by Crippen LogP contribution is 2.15. The number of alkyl halides is 2. The Labute approximate surface area is 81.8 Å². The third-order valence-electron chi connectivity index (χ3n) is 1.50. The zero-order valence-electron chi connectivity index (χ0n) is 9.50. The molecule has 0 amide bonds. The van der Waals surface area contributed by atoms with Crippen molar-refractivity contribution in [2.45, 2.75) is 52.4 Å². The van der Waals surface area contributed by atoms with Crippen LogP contribution in [0.5, 0.6) is 0 Å². The summed E-state index contributed by atoms with van der Waals surface area (Å²) >= 11 is 0. The second-order valence-electron chi connectivity index (χ2n) is 2.12. The largest absolute Gasteiger partial charge is 0.412 e. The highest BCUT2D eigenvalue weighted by atomic mass is 19.1. The average molecular weight is 200 g/mol. The van der Waals surface area contributed by atoms with Crippen LogP contribution in [0.1, 0.15) is 52.4 Å². The second-order valence-corrected chi connectivity index (χ2v) is 2.12. The van der Waals surface area contributed by atoms with Gasteiger partial charge in [-0.1, -0.05) is 52.4 Å². The van der Waals surface area contributed by atoms with Gasteiger partial charge in [-0.25, -0.2) is 0 Å². The van der Waals surface area contributed by atoms with Crippen LogP contribution in [0.3, 0.4) is 0 Å². The van der Waals surface area contributed by atoms with Gasteiger partial charge in [0.05, 0.1) is 14.4 Å². The van der Waals surface area contributed by atoms with Gasteiger partial charge in [-0.15, -0.1) is 0 Å². The van der Waals surface area contributed by atoms with Gasteiger partial charge < -0.3 is 5.48 Å². The maximum absolute atomic E-state index is 9.50. The zero-order valence-corrected chi connectivity index (χ0v) is 9.50. The molecule has 1 rings (SSSR count). The van der Waals surface area contributed by atoms with Crippen molar-refractivity contribution in [3.8, 4) is 0 Å². The van der Waals surface area contributed by atoms with E-state index in [-0.39, 0.29) is 5.48 Å². The Kier molecular flexibility index (Phi) is 72.4. The van der Waals surface area contributed by atoms with Crippen LogP contribution in [0.25, 0.3) is 0 Å². The summed E-state index contributed by atoms with van der Waals surface area (Å²) in [6.45, 7) is 4.00. The van der Waals surface area contributed by atoms with Crippen molar-refractivity contribution in [3.05, 3.63) is 0 Å². The topological polar surface area (TPSA) is 31.5 Å². The molecule has 0 aromatic heterocycles. The minimum Gasteiger partial charge on any atom is -0.412 e. The van der Waals surface area contributed by atoms with Crippen molar-refractivity contribution < 1.29 is 14.3 Å². The smallest absolute Gasteiger partial charge is 0.0785 e. The molecule has 2 N–H and O–H groups in total. The van der Waals surface area contributed by atoms with Crippen molar-refractivity contribution in [2.75, 3.05) is 14.4 Å². The van der Waals surface area contributed by atoms with Gasteiger partial charge in [0, 0.05) is 0 Å². The molecule has 0 spiro atoms. The molecule has 0 aromatic carbocycles. The Morgan fingerprint density at radius 1 is 0.538 bits per heavy atom. The van der Waals surface area contributed by atoms with Crippen molar-refractivity contribution in [1.82, 2.24) is 0 Å². The first-order chi connectivity index (χ1) is 6.00. The second kappa shape index (κ2) is 40.9. The molecule has 0 radical (unpaired) electrons. The van der Waals surface area contributed by atoms with Crippen LogP contribution in [0, 0.1) is 0 Å². The van der Waals surface area contributed by atoms with Crippen molar-refractivity contribution in [3.63, 3.8) is 0 Å². The molecule has 86 valence electrons. The third kappa shape index (κ3) is 33.7. The van der Waals surface area contributed by atoms with Gasteiger partial charge in [-0.05, 0) is 0 Å². The Balaban J connectivity index is -0.0000000508. The lowest BCUT2D eigenvalue weighted by atomic mass is 10.0. The van der Waals surface area contributed by atoms with Gasteiger partial charge in [0.25, 0.3) is 0 Å². The van der Waals surface area contributed by atoms with Crippen LogP contribution >= 0.6 is 0 Å².